The van der Waals surface area contributed by atoms with Crippen molar-refractivity contribution in [2.45, 2.75) is 32.9 Å². The van der Waals surface area contributed by atoms with Crippen LogP contribution in [0.3, 0.4) is 0 Å². The molecule has 1 N–H and O–H groups in total. The maximum atomic E-state index is 12.0. The van der Waals surface area contributed by atoms with Crippen molar-refractivity contribution in [1.29, 1.82) is 0 Å². The van der Waals surface area contributed by atoms with Crippen molar-refractivity contribution in [2.75, 3.05) is 19.7 Å². The summed E-state index contributed by atoms with van der Waals surface area (Å²) in [7, 11) is 0. The van der Waals surface area contributed by atoms with Gasteiger partial charge >= 0.3 is 5.97 Å². The van der Waals surface area contributed by atoms with E-state index in [1.807, 2.05) is 31.3 Å². The monoisotopic (exact) mass is 472 g/mol. The Bertz CT molecular complexity index is 1220. The molecule has 5 rings (SSSR count). The molecule has 1 aromatic carbocycles. The Morgan fingerprint density at radius 1 is 1.20 bits per heavy atom. The maximum absolute atomic E-state index is 12.0. The number of esters is 1. The van der Waals surface area contributed by atoms with E-state index < -0.39 is 0 Å². The molecule has 8 heteroatoms. The van der Waals surface area contributed by atoms with Gasteiger partial charge in [-0.25, -0.2) is 4.99 Å². The van der Waals surface area contributed by atoms with Gasteiger partial charge in [-0.1, -0.05) is 24.3 Å². The van der Waals surface area contributed by atoms with Crippen molar-refractivity contribution in [1.82, 2.24) is 15.1 Å². The van der Waals surface area contributed by atoms with Crippen LogP contribution in [0.15, 0.2) is 87.4 Å². The van der Waals surface area contributed by atoms with Gasteiger partial charge in [-0.15, -0.1) is 0 Å². The number of hydrogen-bond acceptors (Lipinski definition) is 7. The van der Waals surface area contributed by atoms with Gasteiger partial charge in [0.15, 0.2) is 0 Å². The molecule has 0 saturated carbocycles. The molecule has 0 atom stereocenters. The molecular formula is C27H28N4O4. The molecule has 1 aromatic heterocycles. The second-order valence-electron chi connectivity index (χ2n) is 8.63. The van der Waals surface area contributed by atoms with E-state index in [9.17, 15) is 9.59 Å². The lowest BCUT2D eigenvalue weighted by Crippen LogP contribution is -2.31. The smallest absolute Gasteiger partial charge is 0.307 e. The fourth-order valence-electron chi connectivity index (χ4n) is 4.59. The van der Waals surface area contributed by atoms with Crippen LogP contribution in [0.25, 0.3) is 0 Å². The zero-order valence-corrected chi connectivity index (χ0v) is 19.7. The van der Waals surface area contributed by atoms with Gasteiger partial charge in [0.05, 0.1) is 31.5 Å². The number of rotatable bonds is 9. The molecule has 0 unspecified atom stereocenters. The highest BCUT2D eigenvalue weighted by molar-refractivity contribution is 6.02. The second-order valence-corrected chi connectivity index (χ2v) is 8.63. The molecule has 3 aliphatic heterocycles. The number of hydrogen-bond donors (Lipinski definition) is 1. The SMILES string of the molecule is CCOC(=O)CCN(Cc1ccc(C2=NC=C3C=CC(=O)NC4=C3N2CC4)cc1)Cc1ccco1. The van der Waals surface area contributed by atoms with Gasteiger partial charge in [-0.05, 0) is 30.7 Å². The van der Waals surface area contributed by atoms with Crippen LogP contribution in [0.4, 0.5) is 0 Å². The summed E-state index contributed by atoms with van der Waals surface area (Å²) < 4.78 is 10.6. The van der Waals surface area contributed by atoms with E-state index in [-0.39, 0.29) is 11.9 Å². The molecule has 4 heterocycles. The van der Waals surface area contributed by atoms with E-state index in [1.54, 1.807) is 12.3 Å². The highest BCUT2D eigenvalue weighted by Gasteiger charge is 2.32. The molecule has 0 aliphatic carbocycles. The standard InChI is InChI=1S/C27H28N4O4/c1-2-34-25(33)12-13-30(18-22-4-3-15-35-22)17-19-5-7-20(8-6-19)27-28-16-21-9-10-24(32)29-23-11-14-31(27)26(21)23/h3-10,15-16H,2,11-14,17-18H2,1H3,(H,29,32). The van der Waals surface area contributed by atoms with Gasteiger partial charge in [-0.3, -0.25) is 14.5 Å². The Morgan fingerprint density at radius 3 is 2.83 bits per heavy atom. The fraction of sp³-hybridized carbons (Fsp3) is 0.296. The average Bonchev–Trinajstić information content (AvgIpc) is 3.49. The minimum atomic E-state index is -0.195. The number of carbonyl (C=O) groups excluding carboxylic acids is 2. The van der Waals surface area contributed by atoms with Crippen molar-refractivity contribution >= 4 is 17.7 Å². The minimum absolute atomic E-state index is 0.0994. The molecule has 8 nitrogen and oxygen atoms in total. The Morgan fingerprint density at radius 2 is 2.06 bits per heavy atom. The van der Waals surface area contributed by atoms with Crippen molar-refractivity contribution in [2.24, 2.45) is 4.99 Å². The summed E-state index contributed by atoms with van der Waals surface area (Å²) in [4.78, 5) is 32.9. The van der Waals surface area contributed by atoms with Gasteiger partial charge in [0.1, 0.15) is 11.6 Å². The summed E-state index contributed by atoms with van der Waals surface area (Å²) in [6.07, 6.45) is 7.97. The molecule has 2 aromatic rings. The summed E-state index contributed by atoms with van der Waals surface area (Å²) >= 11 is 0. The average molecular weight is 473 g/mol. The first kappa shape index (κ1) is 22.9. The first-order valence-corrected chi connectivity index (χ1v) is 11.9. The molecule has 180 valence electrons. The first-order chi connectivity index (χ1) is 17.1. The lowest BCUT2D eigenvalue weighted by molar-refractivity contribution is -0.143. The van der Waals surface area contributed by atoms with E-state index in [4.69, 9.17) is 14.1 Å². The van der Waals surface area contributed by atoms with Crippen molar-refractivity contribution < 1.29 is 18.7 Å². The number of ether oxygens (including phenoxy) is 1. The Kier molecular flexibility index (Phi) is 6.63. The topological polar surface area (TPSA) is 87.4 Å². The number of allylic oxidation sites excluding steroid dienone is 1. The summed E-state index contributed by atoms with van der Waals surface area (Å²) in [5.41, 5.74) is 5.07. The number of aliphatic imine (C=N–C) groups is 1. The first-order valence-electron chi connectivity index (χ1n) is 11.9. The number of nitrogens with zero attached hydrogens (tertiary/aromatic N) is 3. The predicted octanol–water partition coefficient (Wildman–Crippen LogP) is 3.48. The van der Waals surface area contributed by atoms with Crippen LogP contribution in [-0.4, -0.2) is 47.2 Å². The molecule has 0 bridgehead atoms. The normalized spacial score (nSPS) is 16.6. The lowest BCUT2D eigenvalue weighted by Gasteiger charge is -2.27. The van der Waals surface area contributed by atoms with Crippen molar-refractivity contribution in [3.8, 4) is 0 Å². The third-order valence-electron chi connectivity index (χ3n) is 6.20. The van der Waals surface area contributed by atoms with Crippen molar-refractivity contribution in [3.63, 3.8) is 0 Å². The summed E-state index contributed by atoms with van der Waals surface area (Å²) in [5.74, 6) is 1.44. The maximum Gasteiger partial charge on any atom is 0.307 e. The molecule has 3 aliphatic rings. The molecule has 1 amide bonds. The number of amides is 1. The third-order valence-corrected chi connectivity index (χ3v) is 6.20. The molecule has 0 radical (unpaired) electrons. The van der Waals surface area contributed by atoms with E-state index in [2.05, 4.69) is 39.4 Å². The summed E-state index contributed by atoms with van der Waals surface area (Å²) in [6, 6.07) is 12.1. The van der Waals surface area contributed by atoms with Crippen LogP contribution in [0, 0.1) is 0 Å². The highest BCUT2D eigenvalue weighted by atomic mass is 16.5. The zero-order chi connectivity index (χ0) is 24.2. The number of furan rings is 1. The van der Waals surface area contributed by atoms with E-state index in [0.29, 0.717) is 32.7 Å². The molecule has 35 heavy (non-hydrogen) atoms. The van der Waals surface area contributed by atoms with Gasteiger partial charge in [0, 0.05) is 55.2 Å². The predicted molar refractivity (Wildman–Crippen MR) is 131 cm³/mol. The van der Waals surface area contributed by atoms with Gasteiger partial charge in [0.2, 0.25) is 5.91 Å². The Balaban J connectivity index is 1.31. The lowest BCUT2D eigenvalue weighted by atomic mass is 10.1. The van der Waals surface area contributed by atoms with E-state index in [1.165, 1.54) is 0 Å². The van der Waals surface area contributed by atoms with Crippen LogP contribution in [0.2, 0.25) is 0 Å². The number of benzene rings is 1. The number of nitrogens with one attached hydrogen (secondary N) is 1. The van der Waals surface area contributed by atoms with Crippen LogP contribution in [-0.2, 0) is 27.4 Å². The van der Waals surface area contributed by atoms with Crippen LogP contribution in [0.5, 0.6) is 0 Å². The molecular weight excluding hydrogens is 444 g/mol. The van der Waals surface area contributed by atoms with Gasteiger partial charge in [-0.2, -0.15) is 0 Å². The van der Waals surface area contributed by atoms with Crippen LogP contribution >= 0.6 is 0 Å². The molecule has 0 spiro atoms. The second kappa shape index (κ2) is 10.1. The fourth-order valence-corrected chi connectivity index (χ4v) is 4.59. The number of carbonyl (C=O) groups is 2. The minimum Gasteiger partial charge on any atom is -0.468 e. The van der Waals surface area contributed by atoms with E-state index in [0.717, 1.165) is 52.7 Å². The quantitative estimate of drug-likeness (QED) is 0.563. The number of amidine groups is 1. The third kappa shape index (κ3) is 5.12. The largest absolute Gasteiger partial charge is 0.468 e. The van der Waals surface area contributed by atoms with Crippen LogP contribution in [0.1, 0.15) is 36.7 Å². The van der Waals surface area contributed by atoms with E-state index >= 15 is 0 Å². The highest BCUT2D eigenvalue weighted by Crippen LogP contribution is 2.34. The zero-order valence-electron chi connectivity index (χ0n) is 19.7. The summed E-state index contributed by atoms with van der Waals surface area (Å²) in [6.45, 7) is 4.84. The molecule has 0 fully saturated rings. The Labute approximate surface area is 204 Å². The van der Waals surface area contributed by atoms with Gasteiger partial charge in [0.25, 0.3) is 0 Å². The van der Waals surface area contributed by atoms with Crippen molar-refractivity contribution in [3.05, 3.63) is 94.9 Å². The molecule has 0 saturated heterocycles. The van der Waals surface area contributed by atoms with Crippen LogP contribution < -0.4 is 5.32 Å². The van der Waals surface area contributed by atoms with Gasteiger partial charge < -0.3 is 19.4 Å². The summed E-state index contributed by atoms with van der Waals surface area (Å²) in [5, 5.41) is 2.99. The Hall–Kier alpha value is -3.91.